The van der Waals surface area contributed by atoms with Gasteiger partial charge in [-0.05, 0) is 18.1 Å². The van der Waals surface area contributed by atoms with E-state index in [2.05, 4.69) is 28.3 Å². The molecule has 2 rings (SSSR count). The molecule has 1 N–H and O–H groups in total. The van der Waals surface area contributed by atoms with Crippen molar-refractivity contribution in [1.29, 1.82) is 0 Å². The van der Waals surface area contributed by atoms with Gasteiger partial charge in [0, 0.05) is 16.6 Å². The molecular formula is C12H16BrNO3. The molecule has 5 heteroatoms. The van der Waals surface area contributed by atoms with E-state index in [0.29, 0.717) is 19.8 Å². The van der Waals surface area contributed by atoms with E-state index in [4.69, 9.17) is 14.3 Å². The highest BCUT2D eigenvalue weighted by atomic mass is 79.9. The van der Waals surface area contributed by atoms with E-state index in [-0.39, 0.29) is 0 Å². The Morgan fingerprint density at radius 2 is 2.12 bits per heavy atom. The predicted octanol–water partition coefficient (Wildman–Crippen LogP) is 2.43. The van der Waals surface area contributed by atoms with Gasteiger partial charge in [0.15, 0.2) is 11.5 Å². The molecule has 17 heavy (non-hydrogen) atoms. The number of benzene rings is 1. The first-order chi connectivity index (χ1) is 8.27. The van der Waals surface area contributed by atoms with Crippen molar-refractivity contribution in [2.24, 2.45) is 0 Å². The molecule has 1 aromatic carbocycles. The van der Waals surface area contributed by atoms with Crippen LogP contribution in [0.3, 0.4) is 0 Å². The lowest BCUT2D eigenvalue weighted by atomic mass is 10.0. The molecule has 0 bridgehead atoms. The fourth-order valence-corrected chi connectivity index (χ4v) is 2.56. The second-order valence-corrected chi connectivity index (χ2v) is 4.57. The fraction of sp³-hybridized carbons (Fsp3) is 0.500. The van der Waals surface area contributed by atoms with Crippen LogP contribution in [0.4, 0.5) is 0 Å². The summed E-state index contributed by atoms with van der Waals surface area (Å²) >= 11 is 3.57. The number of fused-ring (bicyclic) bond motifs is 1. The molecule has 0 aromatic heterocycles. The zero-order chi connectivity index (χ0) is 12.3. The number of rotatable bonds is 4. The lowest BCUT2D eigenvalue weighted by molar-refractivity contribution is 0.0861. The average Bonchev–Trinajstić information content (AvgIpc) is 2.35. The normalized spacial score (nSPS) is 13.8. The van der Waals surface area contributed by atoms with Gasteiger partial charge in [0.2, 0.25) is 0 Å². The molecule has 0 aliphatic carbocycles. The molecule has 0 radical (unpaired) electrons. The molecule has 0 amide bonds. The Balaban J connectivity index is 2.43. The number of nitrogens with one attached hydrogen (secondary N) is 1. The Labute approximate surface area is 109 Å². The van der Waals surface area contributed by atoms with Crippen LogP contribution in [0.1, 0.15) is 18.1 Å². The highest BCUT2D eigenvalue weighted by Gasteiger charge is 2.20. The van der Waals surface area contributed by atoms with Gasteiger partial charge < -0.3 is 14.3 Å². The third kappa shape index (κ3) is 2.56. The van der Waals surface area contributed by atoms with Gasteiger partial charge in [-0.3, -0.25) is 0 Å². The molecule has 1 aromatic rings. The molecule has 0 unspecified atom stereocenters. The van der Waals surface area contributed by atoms with Gasteiger partial charge in [0.05, 0.1) is 7.11 Å². The maximum absolute atomic E-state index is 5.71. The van der Waals surface area contributed by atoms with Crippen molar-refractivity contribution in [1.82, 2.24) is 5.48 Å². The van der Waals surface area contributed by atoms with E-state index in [1.165, 1.54) is 5.56 Å². The largest absolute Gasteiger partial charge is 0.486 e. The second kappa shape index (κ2) is 5.71. The number of hydrogen-bond donors (Lipinski definition) is 1. The molecule has 1 aliphatic heterocycles. The van der Waals surface area contributed by atoms with Crippen molar-refractivity contribution in [3.8, 4) is 11.5 Å². The molecule has 0 spiro atoms. The fourth-order valence-electron chi connectivity index (χ4n) is 1.97. The molecule has 1 heterocycles. The van der Waals surface area contributed by atoms with E-state index >= 15 is 0 Å². The van der Waals surface area contributed by atoms with Crippen molar-refractivity contribution < 1.29 is 14.3 Å². The van der Waals surface area contributed by atoms with Crippen molar-refractivity contribution in [3.63, 3.8) is 0 Å². The van der Waals surface area contributed by atoms with Crippen LogP contribution in [-0.2, 0) is 17.8 Å². The minimum Gasteiger partial charge on any atom is -0.486 e. The van der Waals surface area contributed by atoms with E-state index in [9.17, 15) is 0 Å². The number of ether oxygens (including phenoxy) is 2. The van der Waals surface area contributed by atoms with Gasteiger partial charge in [-0.15, -0.1) is 0 Å². The minimum atomic E-state index is 0.609. The third-order valence-electron chi connectivity index (χ3n) is 2.74. The maximum atomic E-state index is 5.71. The van der Waals surface area contributed by atoms with Gasteiger partial charge in [0.25, 0.3) is 0 Å². The zero-order valence-electron chi connectivity index (χ0n) is 10.0. The van der Waals surface area contributed by atoms with Crippen molar-refractivity contribution >= 4 is 15.9 Å². The highest BCUT2D eigenvalue weighted by Crippen LogP contribution is 2.40. The molecule has 0 saturated heterocycles. The van der Waals surface area contributed by atoms with Gasteiger partial charge in [0.1, 0.15) is 13.2 Å². The molecule has 0 fully saturated rings. The summed E-state index contributed by atoms with van der Waals surface area (Å²) in [6, 6.07) is 1.96. The predicted molar refractivity (Wildman–Crippen MR) is 68.4 cm³/mol. The summed E-state index contributed by atoms with van der Waals surface area (Å²) in [5.41, 5.74) is 5.18. The SMILES string of the molecule is CCc1c(CNOC)c(Br)cc2c1OCCO2. The molecule has 1 aliphatic rings. The van der Waals surface area contributed by atoms with Gasteiger partial charge >= 0.3 is 0 Å². The highest BCUT2D eigenvalue weighted by molar-refractivity contribution is 9.10. The second-order valence-electron chi connectivity index (χ2n) is 3.72. The summed E-state index contributed by atoms with van der Waals surface area (Å²) in [5, 5.41) is 0. The van der Waals surface area contributed by atoms with Crippen LogP contribution in [-0.4, -0.2) is 20.3 Å². The smallest absolute Gasteiger partial charge is 0.164 e. The summed E-state index contributed by atoms with van der Waals surface area (Å²) < 4.78 is 12.3. The Hall–Kier alpha value is -0.780. The van der Waals surface area contributed by atoms with Crippen LogP contribution in [0, 0.1) is 0 Å². The summed E-state index contributed by atoms with van der Waals surface area (Å²) in [5.74, 6) is 1.69. The lowest BCUT2D eigenvalue weighted by Gasteiger charge is -2.23. The van der Waals surface area contributed by atoms with Crippen LogP contribution in [0.15, 0.2) is 10.5 Å². The Morgan fingerprint density at radius 3 is 2.82 bits per heavy atom. The lowest BCUT2D eigenvalue weighted by Crippen LogP contribution is -2.19. The number of hydrogen-bond acceptors (Lipinski definition) is 4. The van der Waals surface area contributed by atoms with Crippen molar-refractivity contribution in [3.05, 3.63) is 21.7 Å². The quantitative estimate of drug-likeness (QED) is 0.867. The topological polar surface area (TPSA) is 39.7 Å². The van der Waals surface area contributed by atoms with Crippen LogP contribution in [0.5, 0.6) is 11.5 Å². The molecule has 0 saturated carbocycles. The van der Waals surface area contributed by atoms with Gasteiger partial charge in [-0.25, -0.2) is 0 Å². The first kappa shape index (κ1) is 12.7. The first-order valence-electron chi connectivity index (χ1n) is 5.63. The Kier molecular flexibility index (Phi) is 4.25. The van der Waals surface area contributed by atoms with Crippen molar-refractivity contribution in [2.75, 3.05) is 20.3 Å². The molecule has 4 nitrogen and oxygen atoms in total. The maximum Gasteiger partial charge on any atom is 0.164 e. The van der Waals surface area contributed by atoms with Crippen LogP contribution in [0.25, 0.3) is 0 Å². The van der Waals surface area contributed by atoms with Gasteiger partial charge in [-0.1, -0.05) is 22.9 Å². The van der Waals surface area contributed by atoms with Crippen LogP contribution >= 0.6 is 15.9 Å². The number of hydroxylamine groups is 1. The Bertz CT molecular complexity index is 409. The summed E-state index contributed by atoms with van der Waals surface area (Å²) in [6.07, 6.45) is 0.895. The molecule has 0 atom stereocenters. The first-order valence-corrected chi connectivity index (χ1v) is 6.43. The molecule has 94 valence electrons. The van der Waals surface area contributed by atoms with Gasteiger partial charge in [-0.2, -0.15) is 5.48 Å². The summed E-state index contributed by atoms with van der Waals surface area (Å²) in [4.78, 5) is 4.90. The van der Waals surface area contributed by atoms with Crippen LogP contribution in [0.2, 0.25) is 0 Å². The molecular weight excluding hydrogens is 286 g/mol. The monoisotopic (exact) mass is 301 g/mol. The van der Waals surface area contributed by atoms with E-state index in [1.807, 2.05) is 6.07 Å². The zero-order valence-corrected chi connectivity index (χ0v) is 11.6. The summed E-state index contributed by atoms with van der Waals surface area (Å²) in [7, 11) is 1.61. The number of halogens is 1. The summed E-state index contributed by atoms with van der Waals surface area (Å²) in [6.45, 7) is 3.96. The van der Waals surface area contributed by atoms with E-state index in [1.54, 1.807) is 7.11 Å². The average molecular weight is 302 g/mol. The van der Waals surface area contributed by atoms with Crippen molar-refractivity contribution in [2.45, 2.75) is 19.9 Å². The third-order valence-corrected chi connectivity index (χ3v) is 3.45. The van der Waals surface area contributed by atoms with E-state index < -0.39 is 0 Å². The minimum absolute atomic E-state index is 0.609. The van der Waals surface area contributed by atoms with Crippen LogP contribution < -0.4 is 15.0 Å². The standard InChI is InChI=1S/C12H16BrNO3/c1-3-8-9(7-14-15-2)10(13)6-11-12(8)17-5-4-16-11/h6,14H,3-5,7H2,1-2H3. The Morgan fingerprint density at radius 1 is 1.35 bits per heavy atom. The van der Waals surface area contributed by atoms with E-state index in [0.717, 1.165) is 28.0 Å².